The molecule has 2 atom stereocenters. The third-order valence-electron chi connectivity index (χ3n) is 6.55. The molecule has 1 heterocycles. The SMILES string of the molecule is O=C(O)[C@H]1CCN(C2CCc3cc(-c4ccc(C5CC5)c(F)c4)ccc32)C1. The van der Waals surface area contributed by atoms with Crippen molar-refractivity contribution in [2.24, 2.45) is 5.92 Å². The van der Waals surface area contributed by atoms with Crippen molar-refractivity contribution in [3.63, 3.8) is 0 Å². The molecule has 2 fully saturated rings. The molecule has 1 aliphatic heterocycles. The van der Waals surface area contributed by atoms with Crippen LogP contribution >= 0.6 is 0 Å². The molecule has 0 amide bonds. The van der Waals surface area contributed by atoms with Crippen molar-refractivity contribution in [3.8, 4) is 11.1 Å². The van der Waals surface area contributed by atoms with Crippen molar-refractivity contribution in [1.82, 2.24) is 4.90 Å². The lowest BCUT2D eigenvalue weighted by Gasteiger charge is -2.24. The van der Waals surface area contributed by atoms with E-state index in [9.17, 15) is 14.3 Å². The highest BCUT2D eigenvalue weighted by Gasteiger charge is 2.35. The van der Waals surface area contributed by atoms with Crippen LogP contribution in [0, 0.1) is 11.7 Å². The molecule has 3 aliphatic rings. The van der Waals surface area contributed by atoms with Gasteiger partial charge in [0, 0.05) is 12.6 Å². The van der Waals surface area contributed by atoms with Crippen molar-refractivity contribution >= 4 is 5.97 Å². The van der Waals surface area contributed by atoms with Gasteiger partial charge in [-0.05, 0) is 78.5 Å². The molecule has 0 aromatic heterocycles. The van der Waals surface area contributed by atoms with E-state index in [4.69, 9.17) is 0 Å². The van der Waals surface area contributed by atoms with Crippen LogP contribution in [0.3, 0.4) is 0 Å². The fourth-order valence-electron chi connectivity index (χ4n) is 4.86. The molecule has 5 rings (SSSR count). The predicted molar refractivity (Wildman–Crippen MR) is 102 cm³/mol. The molecular formula is C23H24FNO2. The zero-order chi connectivity index (χ0) is 18.5. The highest BCUT2D eigenvalue weighted by atomic mass is 19.1. The fraction of sp³-hybridized carbons (Fsp3) is 0.435. The zero-order valence-corrected chi connectivity index (χ0v) is 15.3. The number of nitrogens with zero attached hydrogens (tertiary/aromatic N) is 1. The molecule has 1 saturated carbocycles. The van der Waals surface area contributed by atoms with Gasteiger partial charge in [-0.25, -0.2) is 4.39 Å². The lowest BCUT2D eigenvalue weighted by Crippen LogP contribution is -2.26. The first kappa shape index (κ1) is 16.9. The van der Waals surface area contributed by atoms with E-state index in [1.54, 1.807) is 6.07 Å². The number of hydrogen-bond donors (Lipinski definition) is 1. The van der Waals surface area contributed by atoms with Crippen LogP contribution in [-0.4, -0.2) is 29.1 Å². The van der Waals surface area contributed by atoms with Gasteiger partial charge in [-0.1, -0.05) is 30.3 Å². The third-order valence-corrected chi connectivity index (χ3v) is 6.55. The minimum absolute atomic E-state index is 0.0786. The van der Waals surface area contributed by atoms with Crippen LogP contribution in [0.2, 0.25) is 0 Å². The van der Waals surface area contributed by atoms with Gasteiger partial charge in [-0.3, -0.25) is 9.69 Å². The molecule has 2 aliphatic carbocycles. The van der Waals surface area contributed by atoms with Crippen molar-refractivity contribution in [2.45, 2.75) is 44.1 Å². The predicted octanol–water partition coefficient (Wildman–Crippen LogP) is 4.76. The van der Waals surface area contributed by atoms with Crippen molar-refractivity contribution < 1.29 is 14.3 Å². The molecule has 27 heavy (non-hydrogen) atoms. The summed E-state index contributed by atoms with van der Waals surface area (Å²) < 4.78 is 14.4. The topological polar surface area (TPSA) is 40.5 Å². The number of carboxylic acid groups (broad SMARTS) is 1. The molecule has 4 heteroatoms. The van der Waals surface area contributed by atoms with Gasteiger partial charge in [0.05, 0.1) is 5.92 Å². The van der Waals surface area contributed by atoms with Gasteiger partial charge >= 0.3 is 5.97 Å². The summed E-state index contributed by atoms with van der Waals surface area (Å²) in [5, 5.41) is 9.25. The first-order valence-corrected chi connectivity index (χ1v) is 9.99. The van der Waals surface area contributed by atoms with Gasteiger partial charge in [0.1, 0.15) is 5.82 Å². The van der Waals surface area contributed by atoms with Crippen LogP contribution in [0.1, 0.15) is 54.3 Å². The summed E-state index contributed by atoms with van der Waals surface area (Å²) in [6.45, 7) is 1.51. The maximum absolute atomic E-state index is 14.4. The summed E-state index contributed by atoms with van der Waals surface area (Å²) >= 11 is 0. The minimum atomic E-state index is -0.678. The van der Waals surface area contributed by atoms with E-state index in [0.717, 1.165) is 55.3 Å². The fourth-order valence-corrected chi connectivity index (χ4v) is 4.86. The second-order valence-electron chi connectivity index (χ2n) is 8.30. The number of fused-ring (bicyclic) bond motifs is 1. The average molecular weight is 365 g/mol. The highest BCUT2D eigenvalue weighted by Crippen LogP contribution is 2.43. The smallest absolute Gasteiger partial charge is 0.307 e. The van der Waals surface area contributed by atoms with Gasteiger partial charge in [0.15, 0.2) is 0 Å². The normalized spacial score (nSPS) is 24.9. The molecule has 140 valence electrons. The lowest BCUT2D eigenvalue weighted by molar-refractivity contribution is -0.141. The molecular weight excluding hydrogens is 341 g/mol. The van der Waals surface area contributed by atoms with Crippen molar-refractivity contribution in [1.29, 1.82) is 0 Å². The Morgan fingerprint density at radius 1 is 1.00 bits per heavy atom. The number of aryl methyl sites for hydroxylation is 1. The zero-order valence-electron chi connectivity index (χ0n) is 15.3. The van der Waals surface area contributed by atoms with Crippen LogP contribution in [0.5, 0.6) is 0 Å². The van der Waals surface area contributed by atoms with E-state index in [-0.39, 0.29) is 11.7 Å². The number of likely N-dealkylation sites (tertiary alicyclic amines) is 1. The number of carbonyl (C=O) groups is 1. The summed E-state index contributed by atoms with van der Waals surface area (Å²) in [7, 11) is 0. The average Bonchev–Trinajstić information content (AvgIpc) is 3.22. The van der Waals surface area contributed by atoms with Gasteiger partial charge in [0.25, 0.3) is 0 Å². The van der Waals surface area contributed by atoms with Crippen LogP contribution in [0.4, 0.5) is 4.39 Å². The number of carboxylic acids is 1. The van der Waals surface area contributed by atoms with E-state index >= 15 is 0 Å². The molecule has 0 radical (unpaired) electrons. The summed E-state index contributed by atoms with van der Waals surface area (Å²) in [4.78, 5) is 13.6. The Hall–Kier alpha value is -2.20. The van der Waals surface area contributed by atoms with Gasteiger partial charge in [0.2, 0.25) is 0 Å². The van der Waals surface area contributed by atoms with E-state index in [0.29, 0.717) is 18.5 Å². The molecule has 0 bridgehead atoms. The Morgan fingerprint density at radius 3 is 2.41 bits per heavy atom. The van der Waals surface area contributed by atoms with Gasteiger partial charge in [-0.15, -0.1) is 0 Å². The third kappa shape index (κ3) is 3.06. The standard InChI is InChI=1S/C23H24FNO2/c24-21-12-16(3-6-19(21)14-1-2-14)15-4-7-20-17(11-15)5-8-22(20)25-10-9-18(13-25)23(26)27/h3-4,6-7,11-12,14,18,22H,1-2,5,8-10,13H2,(H,26,27)/t18-,22?/m0/s1. The maximum atomic E-state index is 14.4. The lowest BCUT2D eigenvalue weighted by atomic mass is 9.97. The summed E-state index contributed by atoms with van der Waals surface area (Å²) in [6, 6.07) is 12.5. The molecule has 3 nitrogen and oxygen atoms in total. The molecule has 2 aromatic carbocycles. The number of halogens is 1. The largest absolute Gasteiger partial charge is 0.481 e. The summed E-state index contributed by atoms with van der Waals surface area (Å²) in [5.74, 6) is -0.566. The molecule has 1 N–H and O–H groups in total. The van der Waals surface area contributed by atoms with Crippen LogP contribution < -0.4 is 0 Å². The van der Waals surface area contributed by atoms with E-state index in [1.807, 2.05) is 12.1 Å². The van der Waals surface area contributed by atoms with E-state index < -0.39 is 5.97 Å². The summed E-state index contributed by atoms with van der Waals surface area (Å²) in [6.07, 6.45) is 5.00. The molecule has 0 spiro atoms. The van der Waals surface area contributed by atoms with Crippen LogP contribution in [-0.2, 0) is 11.2 Å². The Morgan fingerprint density at radius 2 is 1.74 bits per heavy atom. The van der Waals surface area contributed by atoms with E-state index in [2.05, 4.69) is 23.1 Å². The number of hydrogen-bond acceptors (Lipinski definition) is 2. The Labute approximate surface area is 158 Å². The first-order chi connectivity index (χ1) is 13.1. The first-order valence-electron chi connectivity index (χ1n) is 9.99. The Bertz CT molecular complexity index is 905. The highest BCUT2D eigenvalue weighted by molar-refractivity contribution is 5.70. The van der Waals surface area contributed by atoms with Crippen molar-refractivity contribution in [3.05, 3.63) is 58.9 Å². The van der Waals surface area contributed by atoms with Crippen molar-refractivity contribution in [2.75, 3.05) is 13.1 Å². The molecule has 1 saturated heterocycles. The molecule has 1 unspecified atom stereocenters. The second kappa shape index (κ2) is 6.45. The number of aliphatic carboxylic acids is 1. The number of benzene rings is 2. The Kier molecular flexibility index (Phi) is 4.05. The molecule has 2 aromatic rings. The Balaban J connectivity index is 1.38. The van der Waals surface area contributed by atoms with Gasteiger partial charge in [-0.2, -0.15) is 0 Å². The second-order valence-corrected chi connectivity index (χ2v) is 8.30. The van der Waals surface area contributed by atoms with Gasteiger partial charge < -0.3 is 5.11 Å². The minimum Gasteiger partial charge on any atom is -0.481 e. The monoisotopic (exact) mass is 365 g/mol. The quantitative estimate of drug-likeness (QED) is 0.849. The number of rotatable bonds is 4. The summed E-state index contributed by atoms with van der Waals surface area (Å²) in [5.41, 5.74) is 5.51. The maximum Gasteiger partial charge on any atom is 0.307 e. The van der Waals surface area contributed by atoms with E-state index in [1.165, 1.54) is 11.1 Å². The van der Waals surface area contributed by atoms with Crippen LogP contribution in [0.25, 0.3) is 11.1 Å². The van der Waals surface area contributed by atoms with Crippen LogP contribution in [0.15, 0.2) is 36.4 Å².